The molecule has 0 aliphatic carbocycles. The van der Waals surface area contributed by atoms with Gasteiger partial charge < -0.3 is 14.7 Å². The molecule has 0 aliphatic heterocycles. The van der Waals surface area contributed by atoms with Gasteiger partial charge in [-0.1, -0.05) is 6.92 Å². The fourth-order valence-corrected chi connectivity index (χ4v) is 1.61. The van der Waals surface area contributed by atoms with E-state index in [9.17, 15) is 9.59 Å². The van der Waals surface area contributed by atoms with Crippen molar-refractivity contribution in [1.82, 2.24) is 14.7 Å². The van der Waals surface area contributed by atoms with E-state index < -0.39 is 5.97 Å². The molecule has 0 amide bonds. The number of carbonyl (C=O) groups is 2. The molecule has 118 valence electrons. The first-order valence-electron chi connectivity index (χ1n) is 6.77. The lowest BCUT2D eigenvalue weighted by atomic mass is 10.4. The molecule has 0 aliphatic rings. The Morgan fingerprint density at radius 2 is 1.55 bits per heavy atom. The summed E-state index contributed by atoms with van der Waals surface area (Å²) in [7, 11) is 5.14. The first kappa shape index (κ1) is 18.8. The Morgan fingerprint density at radius 3 is 2.00 bits per heavy atom. The Morgan fingerprint density at radius 1 is 1.00 bits per heavy atom. The Labute approximate surface area is 121 Å². The predicted molar refractivity (Wildman–Crippen MR) is 76.8 cm³/mol. The Balaban J connectivity index is 4.22. The molecule has 0 rings (SSSR count). The summed E-state index contributed by atoms with van der Waals surface area (Å²) in [4.78, 5) is 27.8. The molecule has 0 unspecified atom stereocenters. The first-order chi connectivity index (χ1) is 9.38. The lowest BCUT2D eigenvalue weighted by molar-refractivity contribution is -0.142. The van der Waals surface area contributed by atoms with Crippen molar-refractivity contribution < 1.29 is 19.4 Å². The number of esters is 1. The lowest BCUT2D eigenvalue weighted by Gasteiger charge is -2.25. The minimum Gasteiger partial charge on any atom is -0.480 e. The quantitative estimate of drug-likeness (QED) is 0.511. The maximum atomic E-state index is 11.4. The molecule has 0 aromatic carbocycles. The maximum Gasteiger partial charge on any atom is 0.319 e. The van der Waals surface area contributed by atoms with Gasteiger partial charge in [-0.2, -0.15) is 0 Å². The predicted octanol–water partition coefficient (Wildman–Crippen LogP) is -0.570. The monoisotopic (exact) mass is 289 g/mol. The van der Waals surface area contributed by atoms with E-state index in [0.29, 0.717) is 13.1 Å². The summed E-state index contributed by atoms with van der Waals surface area (Å²) in [5.41, 5.74) is 0. The molecule has 0 fully saturated rings. The van der Waals surface area contributed by atoms with E-state index >= 15 is 0 Å². The van der Waals surface area contributed by atoms with Crippen molar-refractivity contribution in [1.29, 1.82) is 0 Å². The van der Waals surface area contributed by atoms with Crippen LogP contribution in [0.5, 0.6) is 0 Å². The van der Waals surface area contributed by atoms with Crippen LogP contribution in [0.4, 0.5) is 0 Å². The van der Waals surface area contributed by atoms with Gasteiger partial charge in [-0.3, -0.25) is 19.4 Å². The number of hydrogen-bond donors (Lipinski definition) is 1. The number of rotatable bonds is 11. The first-order valence-corrected chi connectivity index (χ1v) is 6.77. The summed E-state index contributed by atoms with van der Waals surface area (Å²) in [5, 5.41) is 8.70. The zero-order valence-corrected chi connectivity index (χ0v) is 13.0. The van der Waals surface area contributed by atoms with Crippen LogP contribution < -0.4 is 0 Å². The van der Waals surface area contributed by atoms with Gasteiger partial charge in [0.15, 0.2) is 0 Å². The van der Waals surface area contributed by atoms with E-state index in [1.54, 1.807) is 11.9 Å². The van der Waals surface area contributed by atoms with Crippen molar-refractivity contribution in [3.05, 3.63) is 0 Å². The van der Waals surface area contributed by atoms with Gasteiger partial charge in [0.2, 0.25) is 0 Å². The van der Waals surface area contributed by atoms with Gasteiger partial charge in [-0.25, -0.2) is 0 Å². The summed E-state index contributed by atoms with van der Waals surface area (Å²) in [6, 6.07) is 0. The molecule has 0 bridgehead atoms. The molecule has 20 heavy (non-hydrogen) atoms. The molecule has 0 aromatic heterocycles. The topological polar surface area (TPSA) is 73.3 Å². The van der Waals surface area contributed by atoms with E-state index in [1.807, 2.05) is 11.9 Å². The van der Waals surface area contributed by atoms with E-state index in [4.69, 9.17) is 5.11 Å². The molecule has 0 heterocycles. The smallest absolute Gasteiger partial charge is 0.319 e. The molecule has 0 aromatic rings. The summed E-state index contributed by atoms with van der Waals surface area (Å²) in [6.45, 7) is 6.10. The second-order valence-electron chi connectivity index (χ2n) is 4.88. The van der Waals surface area contributed by atoms with Gasteiger partial charge >= 0.3 is 11.9 Å². The third-order valence-electron chi connectivity index (χ3n) is 3.12. The van der Waals surface area contributed by atoms with Crippen LogP contribution in [0.3, 0.4) is 0 Å². The molecule has 0 atom stereocenters. The van der Waals surface area contributed by atoms with E-state index in [-0.39, 0.29) is 19.1 Å². The lowest BCUT2D eigenvalue weighted by Crippen LogP contribution is -2.41. The van der Waals surface area contributed by atoms with E-state index in [0.717, 1.165) is 19.6 Å². The summed E-state index contributed by atoms with van der Waals surface area (Å²) in [5.74, 6) is -1.12. The number of carboxylic acid groups (broad SMARTS) is 1. The van der Waals surface area contributed by atoms with Gasteiger partial charge in [-0.15, -0.1) is 0 Å². The highest BCUT2D eigenvalue weighted by atomic mass is 16.5. The van der Waals surface area contributed by atoms with Crippen molar-refractivity contribution in [2.45, 2.75) is 6.92 Å². The number of likely N-dealkylation sites (N-methyl/N-ethyl adjacent to an activating group) is 2. The van der Waals surface area contributed by atoms with Crippen LogP contribution >= 0.6 is 0 Å². The third-order valence-corrected chi connectivity index (χ3v) is 3.12. The van der Waals surface area contributed by atoms with Gasteiger partial charge in [0.25, 0.3) is 0 Å². The average molecular weight is 289 g/mol. The van der Waals surface area contributed by atoms with Crippen LogP contribution in [0.15, 0.2) is 0 Å². The number of carboxylic acids is 1. The normalized spacial score (nSPS) is 11.3. The minimum atomic E-state index is -0.849. The van der Waals surface area contributed by atoms with Crippen molar-refractivity contribution in [2.75, 3.05) is 67.0 Å². The largest absolute Gasteiger partial charge is 0.480 e. The van der Waals surface area contributed by atoms with Crippen LogP contribution in [0.1, 0.15) is 6.92 Å². The van der Waals surface area contributed by atoms with Crippen LogP contribution in [0.25, 0.3) is 0 Å². The average Bonchev–Trinajstić information content (AvgIpc) is 2.40. The van der Waals surface area contributed by atoms with Crippen molar-refractivity contribution in [3.63, 3.8) is 0 Å². The van der Waals surface area contributed by atoms with Crippen molar-refractivity contribution in [2.24, 2.45) is 0 Å². The molecular weight excluding hydrogens is 262 g/mol. The van der Waals surface area contributed by atoms with Crippen LogP contribution in [-0.4, -0.2) is 98.8 Å². The second-order valence-corrected chi connectivity index (χ2v) is 4.88. The number of hydrogen-bond acceptors (Lipinski definition) is 6. The third kappa shape index (κ3) is 9.71. The van der Waals surface area contributed by atoms with Gasteiger partial charge in [0.05, 0.1) is 20.2 Å². The van der Waals surface area contributed by atoms with Crippen molar-refractivity contribution >= 4 is 11.9 Å². The zero-order valence-electron chi connectivity index (χ0n) is 13.0. The SMILES string of the molecule is CCN(C)CCN(CCN(C)CC(=O)O)CC(=O)OC. The Kier molecular flexibility index (Phi) is 9.96. The number of aliphatic carboxylic acids is 1. The van der Waals surface area contributed by atoms with Crippen molar-refractivity contribution in [3.8, 4) is 0 Å². The van der Waals surface area contributed by atoms with E-state index in [1.165, 1.54) is 7.11 Å². The van der Waals surface area contributed by atoms with Gasteiger partial charge in [-0.05, 0) is 20.6 Å². The van der Waals surface area contributed by atoms with Gasteiger partial charge in [0.1, 0.15) is 0 Å². The summed E-state index contributed by atoms with van der Waals surface area (Å²) < 4.78 is 4.68. The Bertz CT molecular complexity index is 299. The highest BCUT2D eigenvalue weighted by Gasteiger charge is 2.13. The maximum absolute atomic E-state index is 11.4. The Hall–Kier alpha value is -1.18. The van der Waals surface area contributed by atoms with Gasteiger partial charge in [0, 0.05) is 26.2 Å². The number of nitrogens with zero attached hydrogens (tertiary/aromatic N) is 3. The molecular formula is C13H27N3O4. The zero-order chi connectivity index (χ0) is 15.5. The fraction of sp³-hybridized carbons (Fsp3) is 0.846. The molecule has 1 N–H and O–H groups in total. The molecule has 7 nitrogen and oxygen atoms in total. The fourth-order valence-electron chi connectivity index (χ4n) is 1.61. The van der Waals surface area contributed by atoms with Crippen LogP contribution in [0, 0.1) is 0 Å². The standard InChI is InChI=1S/C13H27N3O4/c1-5-14(2)6-8-16(11-13(19)20-4)9-7-15(3)10-12(17)18/h5-11H2,1-4H3,(H,17,18). The molecule has 0 radical (unpaired) electrons. The molecule has 0 spiro atoms. The number of ether oxygens (including phenoxy) is 1. The summed E-state index contributed by atoms with van der Waals surface area (Å²) >= 11 is 0. The number of methoxy groups -OCH3 is 1. The molecule has 0 saturated carbocycles. The highest BCUT2D eigenvalue weighted by molar-refractivity contribution is 5.71. The highest BCUT2D eigenvalue weighted by Crippen LogP contribution is 1.94. The molecule has 0 saturated heterocycles. The van der Waals surface area contributed by atoms with Crippen LogP contribution in [0.2, 0.25) is 0 Å². The minimum absolute atomic E-state index is 0.000920. The van der Waals surface area contributed by atoms with Crippen LogP contribution in [-0.2, 0) is 14.3 Å². The number of carbonyl (C=O) groups excluding carboxylic acids is 1. The van der Waals surface area contributed by atoms with E-state index in [2.05, 4.69) is 16.6 Å². The summed E-state index contributed by atoms with van der Waals surface area (Å²) in [6.07, 6.45) is 0. The molecule has 7 heteroatoms. The second kappa shape index (κ2) is 10.6.